The Morgan fingerprint density at radius 3 is 3.07 bits per heavy atom. The number of nitrogens with zero attached hydrogens (tertiary/aromatic N) is 1. The zero-order chi connectivity index (χ0) is 9.97. The van der Waals surface area contributed by atoms with Crippen LogP contribution in [0.5, 0.6) is 5.75 Å². The fraction of sp³-hybridized carbons (Fsp3) is 0.182. The molecule has 0 bridgehead atoms. The monoisotopic (exact) mass is 191 g/mol. The lowest BCUT2D eigenvalue weighted by atomic mass is 10.2. The van der Waals surface area contributed by atoms with Crippen LogP contribution in [0.3, 0.4) is 0 Å². The first-order chi connectivity index (χ1) is 6.75. The number of benzene rings is 1. The summed E-state index contributed by atoms with van der Waals surface area (Å²) in [7, 11) is 0. The molecule has 1 unspecified atom stereocenters. The van der Waals surface area contributed by atoms with E-state index in [1.807, 2.05) is 24.3 Å². The first-order valence-electron chi connectivity index (χ1n) is 4.39. The summed E-state index contributed by atoms with van der Waals surface area (Å²) in [6.45, 7) is 3.20. The van der Waals surface area contributed by atoms with Crippen molar-refractivity contribution in [1.82, 2.24) is 0 Å². The van der Waals surface area contributed by atoms with Crippen LogP contribution in [-0.2, 0) is 0 Å². The predicted molar refractivity (Wildman–Crippen MR) is 53.9 cm³/mol. The van der Waals surface area contributed by atoms with Gasteiger partial charge >= 0.3 is 0 Å². The molecule has 1 aliphatic heterocycles. The number of para-hydroxylation sites is 2. The highest BCUT2D eigenvalue weighted by molar-refractivity contribution is 5.73. The van der Waals surface area contributed by atoms with Crippen molar-refractivity contribution in [2.45, 2.75) is 12.5 Å². The molecule has 14 heavy (non-hydrogen) atoms. The Bertz CT molecular complexity index is 387. The van der Waals surface area contributed by atoms with E-state index in [4.69, 9.17) is 4.74 Å². The molecule has 0 aliphatic carbocycles. The maximum absolute atomic E-state index is 12.5. The van der Waals surface area contributed by atoms with Gasteiger partial charge in [0.2, 0.25) is 0 Å². The van der Waals surface area contributed by atoms with Crippen LogP contribution in [0.25, 0.3) is 0 Å². The van der Waals surface area contributed by atoms with E-state index < -0.39 is 0 Å². The van der Waals surface area contributed by atoms with E-state index in [-0.39, 0.29) is 18.4 Å². The van der Waals surface area contributed by atoms with Crippen molar-refractivity contribution < 1.29 is 9.13 Å². The Kier molecular flexibility index (Phi) is 2.31. The molecule has 0 amide bonds. The molecule has 0 saturated carbocycles. The molecule has 1 aromatic rings. The van der Waals surface area contributed by atoms with Gasteiger partial charge in [0.15, 0.2) is 0 Å². The van der Waals surface area contributed by atoms with Gasteiger partial charge in [0.1, 0.15) is 17.5 Å². The SMILES string of the molecule is C=C(F)CC1C=Nc2ccccc2O1. The van der Waals surface area contributed by atoms with Crippen molar-refractivity contribution in [1.29, 1.82) is 0 Å². The third kappa shape index (κ3) is 1.82. The number of hydrogen-bond donors (Lipinski definition) is 0. The maximum atomic E-state index is 12.5. The van der Waals surface area contributed by atoms with E-state index in [2.05, 4.69) is 11.6 Å². The molecule has 0 fully saturated rings. The molecule has 0 spiro atoms. The highest BCUT2D eigenvalue weighted by atomic mass is 19.1. The molecule has 0 aromatic heterocycles. The molecule has 3 heteroatoms. The molecule has 0 N–H and O–H groups in total. The van der Waals surface area contributed by atoms with Gasteiger partial charge in [-0.2, -0.15) is 0 Å². The van der Waals surface area contributed by atoms with Gasteiger partial charge < -0.3 is 4.74 Å². The lowest BCUT2D eigenvalue weighted by molar-refractivity contribution is 0.259. The largest absolute Gasteiger partial charge is 0.482 e. The van der Waals surface area contributed by atoms with E-state index in [1.54, 1.807) is 6.21 Å². The van der Waals surface area contributed by atoms with Gasteiger partial charge in [0.05, 0.1) is 5.83 Å². The van der Waals surface area contributed by atoms with Crippen LogP contribution in [0.1, 0.15) is 6.42 Å². The van der Waals surface area contributed by atoms with Crippen LogP contribution in [0.4, 0.5) is 10.1 Å². The summed E-state index contributed by atoms with van der Waals surface area (Å²) in [6, 6.07) is 7.42. The molecule has 2 nitrogen and oxygen atoms in total. The van der Waals surface area contributed by atoms with Crippen LogP contribution in [0.15, 0.2) is 41.7 Å². The van der Waals surface area contributed by atoms with Crippen LogP contribution in [0.2, 0.25) is 0 Å². The number of halogens is 1. The average Bonchev–Trinajstić information content (AvgIpc) is 2.17. The van der Waals surface area contributed by atoms with E-state index in [1.165, 1.54) is 0 Å². The number of hydrogen-bond acceptors (Lipinski definition) is 2. The van der Waals surface area contributed by atoms with Crippen molar-refractivity contribution in [3.63, 3.8) is 0 Å². The standard InChI is InChI=1S/C11H10FNO/c1-8(12)6-9-7-13-10-4-2-3-5-11(10)14-9/h2-5,7,9H,1,6H2. The van der Waals surface area contributed by atoms with Gasteiger partial charge in [-0.3, -0.25) is 4.99 Å². The zero-order valence-corrected chi connectivity index (χ0v) is 7.61. The molecular weight excluding hydrogens is 181 g/mol. The van der Waals surface area contributed by atoms with E-state index in [0.717, 1.165) is 5.69 Å². The summed E-state index contributed by atoms with van der Waals surface area (Å²) in [6.07, 6.45) is 1.44. The Labute approximate surface area is 81.7 Å². The molecule has 1 aromatic carbocycles. The summed E-state index contributed by atoms with van der Waals surface area (Å²) in [4.78, 5) is 4.17. The van der Waals surface area contributed by atoms with E-state index in [9.17, 15) is 4.39 Å². The van der Waals surface area contributed by atoms with Gasteiger partial charge in [0.25, 0.3) is 0 Å². The predicted octanol–water partition coefficient (Wildman–Crippen LogP) is 3.02. The number of fused-ring (bicyclic) bond motifs is 1. The molecule has 1 atom stereocenters. The first-order valence-corrected chi connectivity index (χ1v) is 4.39. The summed E-state index contributed by atoms with van der Waals surface area (Å²) >= 11 is 0. The second-order valence-electron chi connectivity index (χ2n) is 3.12. The number of aliphatic imine (C=N–C) groups is 1. The van der Waals surface area contributed by atoms with Crippen LogP contribution < -0.4 is 4.74 Å². The third-order valence-corrected chi connectivity index (χ3v) is 1.95. The van der Waals surface area contributed by atoms with E-state index >= 15 is 0 Å². The normalized spacial score (nSPS) is 18.5. The minimum atomic E-state index is -0.388. The highest BCUT2D eigenvalue weighted by Gasteiger charge is 2.15. The molecule has 1 aliphatic rings. The second-order valence-corrected chi connectivity index (χ2v) is 3.12. The van der Waals surface area contributed by atoms with Crippen LogP contribution in [0, 0.1) is 0 Å². The Balaban J connectivity index is 2.17. The maximum Gasteiger partial charge on any atom is 0.145 e. The smallest absolute Gasteiger partial charge is 0.145 e. The van der Waals surface area contributed by atoms with Crippen molar-refractivity contribution in [2.75, 3.05) is 0 Å². The van der Waals surface area contributed by atoms with Gasteiger partial charge in [-0.05, 0) is 12.1 Å². The summed E-state index contributed by atoms with van der Waals surface area (Å²) in [5, 5.41) is 0. The molecule has 72 valence electrons. The topological polar surface area (TPSA) is 21.6 Å². The number of ether oxygens (including phenoxy) is 1. The molecule has 0 radical (unpaired) electrons. The third-order valence-electron chi connectivity index (χ3n) is 1.95. The van der Waals surface area contributed by atoms with Crippen molar-refractivity contribution in [3.8, 4) is 5.75 Å². The fourth-order valence-electron chi connectivity index (χ4n) is 1.33. The minimum Gasteiger partial charge on any atom is -0.482 e. The van der Waals surface area contributed by atoms with E-state index in [0.29, 0.717) is 5.75 Å². The Morgan fingerprint density at radius 2 is 2.29 bits per heavy atom. The van der Waals surface area contributed by atoms with Crippen molar-refractivity contribution in [2.24, 2.45) is 4.99 Å². The highest BCUT2D eigenvalue weighted by Crippen LogP contribution is 2.31. The van der Waals surface area contributed by atoms with Gasteiger partial charge in [-0.15, -0.1) is 0 Å². The summed E-state index contributed by atoms with van der Waals surface area (Å²) < 4.78 is 18.0. The van der Waals surface area contributed by atoms with Crippen molar-refractivity contribution >= 4 is 11.9 Å². The fourth-order valence-corrected chi connectivity index (χ4v) is 1.33. The first kappa shape index (κ1) is 8.94. The van der Waals surface area contributed by atoms with Gasteiger partial charge in [-0.25, -0.2) is 4.39 Å². The van der Waals surface area contributed by atoms with Crippen molar-refractivity contribution in [3.05, 3.63) is 36.7 Å². The number of rotatable bonds is 2. The Morgan fingerprint density at radius 1 is 1.50 bits per heavy atom. The lowest BCUT2D eigenvalue weighted by Gasteiger charge is -2.19. The van der Waals surface area contributed by atoms with Crippen LogP contribution >= 0.6 is 0 Å². The minimum absolute atomic E-state index is 0.165. The molecule has 0 saturated heterocycles. The van der Waals surface area contributed by atoms with Gasteiger partial charge in [0, 0.05) is 12.6 Å². The lowest BCUT2D eigenvalue weighted by Crippen LogP contribution is -2.20. The quantitative estimate of drug-likeness (QED) is 0.704. The van der Waals surface area contributed by atoms with Gasteiger partial charge in [-0.1, -0.05) is 18.7 Å². The second kappa shape index (κ2) is 3.62. The molecular formula is C11H10FNO. The Hall–Kier alpha value is -1.64. The zero-order valence-electron chi connectivity index (χ0n) is 7.61. The molecule has 2 rings (SSSR count). The molecule has 1 heterocycles. The summed E-state index contributed by atoms with van der Waals surface area (Å²) in [5.41, 5.74) is 0.785. The van der Waals surface area contributed by atoms with Crippen LogP contribution in [-0.4, -0.2) is 12.3 Å². The average molecular weight is 191 g/mol. The summed E-state index contributed by atoms with van der Waals surface area (Å²) in [5.74, 6) is 0.307.